The second-order valence-electron chi connectivity index (χ2n) is 3.57. The number of hydrogen-bond acceptors (Lipinski definition) is 4. The van der Waals surface area contributed by atoms with E-state index in [2.05, 4.69) is 17.2 Å². The van der Waals surface area contributed by atoms with Gasteiger partial charge in [0.25, 0.3) is 0 Å². The van der Waals surface area contributed by atoms with Crippen LogP contribution >= 0.6 is 46.3 Å². The summed E-state index contributed by atoms with van der Waals surface area (Å²) in [6.45, 7) is 2.94. The van der Waals surface area contributed by atoms with Crippen LogP contribution in [-0.2, 0) is 0 Å². The lowest BCUT2D eigenvalue weighted by Crippen LogP contribution is -2.03. The Hall–Kier alpha value is -0.420. The molecule has 0 aliphatic rings. The van der Waals surface area contributed by atoms with Crippen LogP contribution in [0.15, 0.2) is 32.8 Å². The van der Waals surface area contributed by atoms with E-state index in [9.17, 15) is 0 Å². The molecule has 0 aromatic carbocycles. The van der Waals surface area contributed by atoms with Crippen molar-refractivity contribution in [1.29, 1.82) is 0 Å². The van der Waals surface area contributed by atoms with E-state index in [1.807, 2.05) is 17.5 Å². The van der Waals surface area contributed by atoms with E-state index in [1.54, 1.807) is 29.2 Å². The maximum Gasteiger partial charge on any atom is 0.146 e. The molecule has 0 saturated heterocycles. The zero-order valence-electron chi connectivity index (χ0n) is 9.74. The SMILES string of the molecule is CCCNc1nc(Sc2cccs2)c(Cl)cc1Cl. The normalized spacial score (nSPS) is 10.6. The molecule has 0 spiro atoms. The Morgan fingerprint density at radius 1 is 1.39 bits per heavy atom. The summed E-state index contributed by atoms with van der Waals surface area (Å²) in [4.78, 5) is 4.48. The maximum atomic E-state index is 6.16. The minimum Gasteiger partial charge on any atom is -0.369 e. The summed E-state index contributed by atoms with van der Waals surface area (Å²) < 4.78 is 1.16. The van der Waals surface area contributed by atoms with E-state index in [1.165, 1.54) is 0 Å². The lowest BCUT2D eigenvalue weighted by Gasteiger charge is -2.09. The maximum absolute atomic E-state index is 6.16. The van der Waals surface area contributed by atoms with Gasteiger partial charge in [-0.05, 0) is 23.9 Å². The Labute approximate surface area is 125 Å². The number of halogens is 2. The number of anilines is 1. The molecule has 2 rings (SSSR count). The van der Waals surface area contributed by atoms with Gasteiger partial charge in [0.1, 0.15) is 10.8 Å². The van der Waals surface area contributed by atoms with E-state index in [0.717, 1.165) is 22.2 Å². The lowest BCUT2D eigenvalue weighted by atomic mass is 10.4. The van der Waals surface area contributed by atoms with Crippen LogP contribution in [0, 0.1) is 0 Å². The van der Waals surface area contributed by atoms with Crippen LogP contribution in [0.1, 0.15) is 13.3 Å². The minimum atomic E-state index is 0.559. The van der Waals surface area contributed by atoms with Gasteiger partial charge in [0.15, 0.2) is 0 Å². The highest BCUT2D eigenvalue weighted by molar-refractivity contribution is 8.01. The Kier molecular flexibility index (Phi) is 5.18. The summed E-state index contributed by atoms with van der Waals surface area (Å²) in [6, 6.07) is 5.79. The van der Waals surface area contributed by atoms with Crippen molar-refractivity contribution >= 4 is 52.1 Å². The molecule has 0 saturated carbocycles. The molecule has 2 heterocycles. The van der Waals surface area contributed by atoms with Crippen LogP contribution in [0.4, 0.5) is 5.82 Å². The van der Waals surface area contributed by atoms with Crippen LogP contribution in [0.5, 0.6) is 0 Å². The average Bonchev–Trinajstić information content (AvgIpc) is 2.84. The summed E-state index contributed by atoms with van der Waals surface area (Å²) in [6.07, 6.45) is 1.02. The van der Waals surface area contributed by atoms with Gasteiger partial charge in [-0.2, -0.15) is 0 Å². The third kappa shape index (κ3) is 3.54. The Morgan fingerprint density at radius 2 is 2.22 bits per heavy atom. The van der Waals surface area contributed by atoms with Gasteiger partial charge in [0.2, 0.25) is 0 Å². The van der Waals surface area contributed by atoms with Crippen molar-refractivity contribution in [2.75, 3.05) is 11.9 Å². The molecule has 2 aromatic rings. The van der Waals surface area contributed by atoms with Gasteiger partial charge in [-0.15, -0.1) is 11.3 Å². The summed E-state index contributed by atoms with van der Waals surface area (Å²) in [5.74, 6) is 0.696. The highest BCUT2D eigenvalue weighted by atomic mass is 35.5. The zero-order valence-corrected chi connectivity index (χ0v) is 12.9. The van der Waals surface area contributed by atoms with Crippen LogP contribution in [0.3, 0.4) is 0 Å². The van der Waals surface area contributed by atoms with E-state index in [4.69, 9.17) is 23.2 Å². The Bertz CT molecular complexity index is 515. The monoisotopic (exact) mass is 318 g/mol. The summed E-state index contributed by atoms with van der Waals surface area (Å²) >= 11 is 15.5. The predicted octanol–water partition coefficient (Wildman–Crippen LogP) is 5.42. The molecule has 0 radical (unpaired) electrons. The first-order chi connectivity index (χ1) is 8.70. The van der Waals surface area contributed by atoms with Gasteiger partial charge in [0.05, 0.1) is 14.3 Å². The number of thiophene rings is 1. The number of nitrogens with one attached hydrogen (secondary N) is 1. The molecule has 1 N–H and O–H groups in total. The molecule has 0 amide bonds. The molecule has 0 fully saturated rings. The number of hydrogen-bond donors (Lipinski definition) is 1. The van der Waals surface area contributed by atoms with Crippen LogP contribution in [0.25, 0.3) is 0 Å². The Balaban J connectivity index is 2.23. The van der Waals surface area contributed by atoms with Gasteiger partial charge in [-0.25, -0.2) is 4.98 Å². The van der Waals surface area contributed by atoms with Crippen molar-refractivity contribution < 1.29 is 0 Å². The molecule has 0 bridgehead atoms. The fourth-order valence-electron chi connectivity index (χ4n) is 1.31. The lowest BCUT2D eigenvalue weighted by molar-refractivity contribution is 0.960. The molecule has 0 atom stereocenters. The van der Waals surface area contributed by atoms with Crippen molar-refractivity contribution in [3.8, 4) is 0 Å². The van der Waals surface area contributed by atoms with E-state index < -0.39 is 0 Å². The molecule has 0 aliphatic heterocycles. The Morgan fingerprint density at radius 3 is 2.89 bits per heavy atom. The summed E-state index contributed by atoms with van der Waals surface area (Å²) in [7, 11) is 0. The van der Waals surface area contributed by atoms with Crippen molar-refractivity contribution in [3.63, 3.8) is 0 Å². The molecule has 2 aromatic heterocycles. The van der Waals surface area contributed by atoms with Crippen LogP contribution < -0.4 is 5.32 Å². The van der Waals surface area contributed by atoms with Crippen molar-refractivity contribution in [1.82, 2.24) is 4.98 Å². The predicted molar refractivity (Wildman–Crippen MR) is 81.5 cm³/mol. The van der Waals surface area contributed by atoms with Gasteiger partial charge >= 0.3 is 0 Å². The second-order valence-corrected chi connectivity index (χ2v) is 6.62. The molecule has 18 heavy (non-hydrogen) atoms. The number of nitrogens with zero attached hydrogens (tertiary/aromatic N) is 1. The largest absolute Gasteiger partial charge is 0.369 e. The molecular weight excluding hydrogens is 307 g/mol. The van der Waals surface area contributed by atoms with Crippen LogP contribution in [-0.4, -0.2) is 11.5 Å². The standard InChI is InChI=1S/C12H12Cl2N2S2/c1-2-5-15-11-8(13)7-9(14)12(16-11)18-10-4-3-6-17-10/h3-4,6-7H,2,5H2,1H3,(H,15,16). The molecule has 96 valence electrons. The number of rotatable bonds is 5. The summed E-state index contributed by atoms with van der Waals surface area (Å²) in [5, 5.41) is 7.15. The van der Waals surface area contributed by atoms with Crippen LogP contribution in [0.2, 0.25) is 10.0 Å². The van der Waals surface area contributed by atoms with Crippen molar-refractivity contribution in [3.05, 3.63) is 33.6 Å². The second kappa shape index (κ2) is 6.66. The smallest absolute Gasteiger partial charge is 0.146 e. The van der Waals surface area contributed by atoms with Gasteiger partial charge < -0.3 is 5.32 Å². The fraction of sp³-hybridized carbons (Fsp3) is 0.250. The van der Waals surface area contributed by atoms with Gasteiger partial charge in [-0.3, -0.25) is 0 Å². The van der Waals surface area contributed by atoms with Gasteiger partial charge in [-0.1, -0.05) is 48.0 Å². The molecule has 2 nitrogen and oxygen atoms in total. The highest BCUT2D eigenvalue weighted by Crippen LogP contribution is 2.37. The van der Waals surface area contributed by atoms with E-state index >= 15 is 0 Å². The number of pyridine rings is 1. The fourth-order valence-corrected chi connectivity index (χ4v) is 3.52. The van der Waals surface area contributed by atoms with Gasteiger partial charge in [0, 0.05) is 6.54 Å². The van der Waals surface area contributed by atoms with E-state index in [-0.39, 0.29) is 0 Å². The quantitative estimate of drug-likeness (QED) is 0.796. The first kappa shape index (κ1) is 14.0. The summed E-state index contributed by atoms with van der Waals surface area (Å²) in [5.41, 5.74) is 0. The molecule has 0 aliphatic carbocycles. The number of aromatic nitrogens is 1. The minimum absolute atomic E-state index is 0.559. The topological polar surface area (TPSA) is 24.9 Å². The first-order valence-electron chi connectivity index (χ1n) is 5.52. The van der Waals surface area contributed by atoms with Crippen molar-refractivity contribution in [2.24, 2.45) is 0 Å². The average molecular weight is 319 g/mol. The third-order valence-corrected chi connectivity index (χ3v) is 4.86. The highest BCUT2D eigenvalue weighted by Gasteiger charge is 2.10. The molecule has 6 heteroatoms. The molecular formula is C12H12Cl2N2S2. The van der Waals surface area contributed by atoms with Crippen molar-refractivity contribution in [2.45, 2.75) is 22.6 Å². The van der Waals surface area contributed by atoms with E-state index in [0.29, 0.717) is 15.9 Å². The molecule has 0 unspecified atom stereocenters. The zero-order chi connectivity index (χ0) is 13.0. The first-order valence-corrected chi connectivity index (χ1v) is 7.97. The third-order valence-electron chi connectivity index (χ3n) is 2.13.